The number of amides is 1. The Morgan fingerprint density at radius 2 is 1.53 bits per heavy atom. The Bertz CT molecular complexity index is 1630. The fraction of sp³-hybridized carbons (Fsp3) is 0.357. The minimum atomic E-state index is -5.08. The van der Waals surface area contributed by atoms with Gasteiger partial charge in [0.1, 0.15) is 12.4 Å². The number of hydrogen-bond donors (Lipinski definition) is 5. The van der Waals surface area contributed by atoms with E-state index in [1.807, 2.05) is 37.3 Å². The third kappa shape index (κ3) is 12.0. The van der Waals surface area contributed by atoms with E-state index in [4.69, 9.17) is 29.7 Å². The van der Waals surface area contributed by atoms with Crippen LogP contribution in [0.2, 0.25) is 0 Å². The van der Waals surface area contributed by atoms with Gasteiger partial charge in [-0.05, 0) is 62.2 Å². The molecule has 0 saturated carbocycles. The second kappa shape index (κ2) is 16.4. The van der Waals surface area contributed by atoms with Crippen molar-refractivity contribution in [2.24, 2.45) is 11.8 Å². The molecular formula is C28H29F6N3O9S. The van der Waals surface area contributed by atoms with Crippen molar-refractivity contribution in [1.29, 1.82) is 0 Å². The van der Waals surface area contributed by atoms with Gasteiger partial charge in [-0.25, -0.2) is 23.5 Å². The van der Waals surface area contributed by atoms with Crippen molar-refractivity contribution in [2.75, 3.05) is 18.8 Å². The fourth-order valence-electron chi connectivity index (χ4n) is 4.30. The number of aliphatic carboxylic acids is 2. The highest BCUT2D eigenvalue weighted by molar-refractivity contribution is 7.91. The van der Waals surface area contributed by atoms with E-state index >= 15 is 0 Å². The molecule has 19 heteroatoms. The molecular weight excluding hydrogens is 668 g/mol. The van der Waals surface area contributed by atoms with Crippen molar-refractivity contribution in [3.05, 3.63) is 65.9 Å². The van der Waals surface area contributed by atoms with Crippen LogP contribution >= 0.6 is 0 Å². The Morgan fingerprint density at radius 3 is 2.06 bits per heavy atom. The number of nitrogens with one attached hydrogen (secondary N) is 2. The van der Waals surface area contributed by atoms with Gasteiger partial charge in [0.25, 0.3) is 0 Å². The molecule has 1 aliphatic rings. The molecule has 0 unspecified atom stereocenters. The summed E-state index contributed by atoms with van der Waals surface area (Å²) in [6.07, 6.45) is -9.63. The summed E-state index contributed by atoms with van der Waals surface area (Å²) in [7, 11) is -3.61. The Morgan fingerprint density at radius 1 is 0.979 bits per heavy atom. The SMILES string of the molecule is Cc1cc(COc2ccc(S(=O)(=O)C[C@@H]3CCNC[C@@H]3C(=O)NO)cc2)c2ccccc2n1.O=C(O)C(F)(F)F.O=C(O)C(F)(F)F. The summed E-state index contributed by atoms with van der Waals surface area (Å²) < 4.78 is 95.3. The number of carbonyl (C=O) groups is 3. The minimum Gasteiger partial charge on any atom is -0.489 e. The lowest BCUT2D eigenvalue weighted by Gasteiger charge is -2.30. The molecule has 0 spiro atoms. The standard InChI is InChI=1S/C24H27N3O5S.2C2HF3O2/c1-16-12-18(21-4-2-3-5-23(21)26-16)14-32-19-6-8-20(9-7-19)33(30,31)15-17-10-11-25-13-22(17)24(28)27-29;2*3-2(4,5)1(6)7/h2-9,12,17,22,25,29H,10-11,13-15H2,1H3,(H,27,28);2*(H,6,7)/t17-,22-;;/m0../s1. The third-order valence-electron chi connectivity index (χ3n) is 6.50. The number of benzene rings is 2. The smallest absolute Gasteiger partial charge is 0.489 e. The van der Waals surface area contributed by atoms with E-state index in [0.717, 1.165) is 22.2 Å². The maximum absolute atomic E-state index is 13.0. The van der Waals surface area contributed by atoms with Gasteiger partial charge in [0.2, 0.25) is 5.91 Å². The second-order valence-corrected chi connectivity index (χ2v) is 12.0. The van der Waals surface area contributed by atoms with Gasteiger partial charge in [-0.15, -0.1) is 0 Å². The number of nitrogens with zero attached hydrogens (tertiary/aromatic N) is 1. The van der Waals surface area contributed by atoms with Gasteiger partial charge < -0.3 is 20.3 Å². The topological polar surface area (TPSA) is 192 Å². The van der Waals surface area contributed by atoms with Crippen LogP contribution < -0.4 is 15.5 Å². The molecule has 1 saturated heterocycles. The van der Waals surface area contributed by atoms with Crippen molar-refractivity contribution in [3.63, 3.8) is 0 Å². The number of fused-ring (bicyclic) bond motifs is 1. The average molecular weight is 698 g/mol. The number of halogens is 6. The van der Waals surface area contributed by atoms with Crippen LogP contribution in [0.25, 0.3) is 10.9 Å². The molecule has 1 aliphatic heterocycles. The van der Waals surface area contributed by atoms with Crippen LogP contribution in [0.1, 0.15) is 17.7 Å². The van der Waals surface area contributed by atoms with Crippen molar-refractivity contribution in [1.82, 2.24) is 15.8 Å². The predicted molar refractivity (Wildman–Crippen MR) is 151 cm³/mol. The van der Waals surface area contributed by atoms with Crippen LogP contribution in [0.3, 0.4) is 0 Å². The fourth-order valence-corrected chi connectivity index (χ4v) is 6.00. The second-order valence-electron chi connectivity index (χ2n) is 9.92. The van der Waals surface area contributed by atoms with Gasteiger partial charge in [0.15, 0.2) is 9.84 Å². The van der Waals surface area contributed by atoms with Crippen LogP contribution in [0.4, 0.5) is 26.3 Å². The lowest BCUT2D eigenvalue weighted by atomic mass is 9.87. The van der Waals surface area contributed by atoms with Gasteiger partial charge in [-0.2, -0.15) is 26.3 Å². The average Bonchev–Trinajstić information content (AvgIpc) is 2.99. The number of carboxylic acid groups (broad SMARTS) is 2. The number of hydroxylamine groups is 1. The van der Waals surface area contributed by atoms with Gasteiger partial charge in [-0.3, -0.25) is 15.0 Å². The first-order chi connectivity index (χ1) is 21.8. The van der Waals surface area contributed by atoms with E-state index in [1.165, 1.54) is 12.1 Å². The number of sulfone groups is 1. The highest BCUT2D eigenvalue weighted by Crippen LogP contribution is 2.27. The van der Waals surface area contributed by atoms with Crippen LogP contribution in [0.15, 0.2) is 59.5 Å². The predicted octanol–water partition coefficient (Wildman–Crippen LogP) is 3.89. The number of para-hydroxylation sites is 1. The largest absolute Gasteiger partial charge is 0.490 e. The first-order valence-corrected chi connectivity index (χ1v) is 15.0. The summed E-state index contributed by atoms with van der Waals surface area (Å²) in [6, 6.07) is 16.2. The van der Waals surface area contributed by atoms with Gasteiger partial charge >= 0.3 is 24.3 Å². The van der Waals surface area contributed by atoms with Crippen molar-refractivity contribution < 1.29 is 69.3 Å². The minimum absolute atomic E-state index is 0.157. The zero-order valence-corrected chi connectivity index (χ0v) is 25.1. The quantitative estimate of drug-likeness (QED) is 0.137. The zero-order chi connectivity index (χ0) is 35.6. The number of carbonyl (C=O) groups excluding carboxylic acids is 1. The molecule has 2 heterocycles. The van der Waals surface area contributed by atoms with E-state index in [0.29, 0.717) is 31.9 Å². The molecule has 2 aromatic carbocycles. The summed E-state index contributed by atoms with van der Waals surface area (Å²) >= 11 is 0. The molecule has 1 fully saturated rings. The van der Waals surface area contributed by atoms with Crippen LogP contribution in [0, 0.1) is 18.8 Å². The van der Waals surface area contributed by atoms with E-state index in [-0.39, 0.29) is 16.6 Å². The van der Waals surface area contributed by atoms with E-state index in [9.17, 15) is 39.6 Å². The number of rotatable bonds is 7. The maximum Gasteiger partial charge on any atom is 0.490 e. The first-order valence-electron chi connectivity index (χ1n) is 13.3. The first kappa shape index (κ1) is 38.7. The number of pyridine rings is 1. The van der Waals surface area contributed by atoms with Gasteiger partial charge in [-0.1, -0.05) is 18.2 Å². The van der Waals surface area contributed by atoms with Gasteiger partial charge in [0.05, 0.1) is 22.1 Å². The summed E-state index contributed by atoms with van der Waals surface area (Å²) in [4.78, 5) is 34.4. The number of piperidine rings is 1. The van der Waals surface area contributed by atoms with Crippen LogP contribution in [-0.2, 0) is 30.8 Å². The van der Waals surface area contributed by atoms with E-state index in [2.05, 4.69) is 10.3 Å². The highest BCUT2D eigenvalue weighted by atomic mass is 32.2. The summed E-state index contributed by atoms with van der Waals surface area (Å²) in [5, 5.41) is 27.3. The number of aryl methyl sites for hydroxylation is 1. The monoisotopic (exact) mass is 697 g/mol. The van der Waals surface area contributed by atoms with Crippen LogP contribution in [-0.4, -0.2) is 77.9 Å². The maximum atomic E-state index is 13.0. The molecule has 4 rings (SSSR count). The molecule has 0 bridgehead atoms. The lowest BCUT2D eigenvalue weighted by Crippen LogP contribution is -2.46. The molecule has 0 radical (unpaired) electrons. The summed E-state index contributed by atoms with van der Waals surface area (Å²) in [5.74, 6) is -6.64. The normalized spacial score (nSPS) is 16.5. The van der Waals surface area contributed by atoms with Crippen molar-refractivity contribution in [3.8, 4) is 5.75 Å². The number of hydrogen-bond acceptors (Lipinski definition) is 9. The summed E-state index contributed by atoms with van der Waals surface area (Å²) in [6.45, 7) is 3.24. The molecule has 0 aliphatic carbocycles. The van der Waals surface area contributed by atoms with Crippen LogP contribution in [0.5, 0.6) is 5.75 Å². The molecule has 47 heavy (non-hydrogen) atoms. The molecule has 3 aromatic rings. The lowest BCUT2D eigenvalue weighted by molar-refractivity contribution is -0.193. The molecule has 1 aromatic heterocycles. The number of alkyl halides is 6. The molecule has 258 valence electrons. The Labute approximate surface area is 263 Å². The Balaban J connectivity index is 0.000000459. The molecule has 12 nitrogen and oxygen atoms in total. The molecule has 1 amide bonds. The molecule has 2 atom stereocenters. The van der Waals surface area contributed by atoms with Crippen molar-refractivity contribution in [2.45, 2.75) is 37.2 Å². The summed E-state index contributed by atoms with van der Waals surface area (Å²) in [5.41, 5.74) is 4.46. The van der Waals surface area contributed by atoms with Gasteiger partial charge in [0, 0.05) is 23.2 Å². The number of carboxylic acids is 2. The zero-order valence-electron chi connectivity index (χ0n) is 24.3. The number of ether oxygens (including phenoxy) is 1. The number of aromatic nitrogens is 1. The third-order valence-corrected chi connectivity index (χ3v) is 8.36. The highest BCUT2D eigenvalue weighted by Gasteiger charge is 2.39. The van der Waals surface area contributed by atoms with E-state index in [1.54, 1.807) is 17.6 Å². The Kier molecular flexibility index (Phi) is 13.5. The molecule has 5 N–H and O–H groups in total. The van der Waals surface area contributed by atoms with Crippen molar-refractivity contribution >= 4 is 38.6 Å². The van der Waals surface area contributed by atoms with E-state index < -0.39 is 46.0 Å². The Hall–Kier alpha value is -4.49.